The first kappa shape index (κ1) is 14.6. The number of ether oxygens (including phenoxy) is 1. The smallest absolute Gasteiger partial charge is 0.194 e. The van der Waals surface area contributed by atoms with Gasteiger partial charge >= 0.3 is 0 Å². The first-order chi connectivity index (χ1) is 10.7. The number of hydrogen-bond acceptors (Lipinski definition) is 5. The minimum absolute atomic E-state index is 0.279. The predicted octanol–water partition coefficient (Wildman–Crippen LogP) is 2.21. The van der Waals surface area contributed by atoms with Gasteiger partial charge in [-0.25, -0.2) is 4.98 Å². The normalized spacial score (nSPS) is 26.0. The van der Waals surface area contributed by atoms with E-state index in [1.54, 1.807) is 11.3 Å². The SMILES string of the molecule is Cc1nc2sccn2c1CN1CCC2(CC1)OCCC[C@@H]2O. The molecule has 5 nitrogen and oxygen atoms in total. The topological polar surface area (TPSA) is 50.0 Å². The van der Waals surface area contributed by atoms with Crippen molar-refractivity contribution in [1.29, 1.82) is 0 Å². The molecule has 0 radical (unpaired) electrons. The molecule has 1 N–H and O–H groups in total. The summed E-state index contributed by atoms with van der Waals surface area (Å²) in [4.78, 5) is 8.16. The lowest BCUT2D eigenvalue weighted by Gasteiger charge is -2.46. The molecule has 22 heavy (non-hydrogen) atoms. The Balaban J connectivity index is 1.46. The lowest BCUT2D eigenvalue weighted by molar-refractivity contribution is -0.177. The van der Waals surface area contributed by atoms with Gasteiger partial charge in [-0.15, -0.1) is 11.3 Å². The van der Waals surface area contributed by atoms with Crippen molar-refractivity contribution >= 4 is 16.3 Å². The van der Waals surface area contributed by atoms with E-state index in [-0.39, 0.29) is 11.7 Å². The van der Waals surface area contributed by atoms with E-state index in [4.69, 9.17) is 4.74 Å². The van der Waals surface area contributed by atoms with Crippen molar-refractivity contribution in [2.45, 2.75) is 50.9 Å². The summed E-state index contributed by atoms with van der Waals surface area (Å²) < 4.78 is 8.20. The third kappa shape index (κ3) is 2.38. The molecule has 2 aromatic rings. The molecule has 0 amide bonds. The maximum absolute atomic E-state index is 10.3. The number of aliphatic hydroxyl groups is 1. The second-order valence-corrected chi connectivity index (χ2v) is 7.42. The highest BCUT2D eigenvalue weighted by Crippen LogP contribution is 2.35. The van der Waals surface area contributed by atoms with Crippen LogP contribution >= 0.6 is 11.3 Å². The van der Waals surface area contributed by atoms with Gasteiger partial charge in [-0.05, 0) is 32.6 Å². The first-order valence-electron chi connectivity index (χ1n) is 8.13. The fourth-order valence-corrected chi connectivity index (χ4v) is 4.60. The Morgan fingerprint density at radius 2 is 2.27 bits per heavy atom. The van der Waals surface area contributed by atoms with Gasteiger partial charge in [-0.2, -0.15) is 0 Å². The number of rotatable bonds is 2. The number of aryl methyl sites for hydroxylation is 1. The molecule has 0 bridgehead atoms. The van der Waals surface area contributed by atoms with E-state index in [0.717, 1.165) is 62.6 Å². The van der Waals surface area contributed by atoms with Gasteiger partial charge < -0.3 is 9.84 Å². The van der Waals surface area contributed by atoms with Gasteiger partial charge in [-0.3, -0.25) is 9.30 Å². The van der Waals surface area contributed by atoms with Crippen molar-refractivity contribution in [1.82, 2.24) is 14.3 Å². The van der Waals surface area contributed by atoms with E-state index in [9.17, 15) is 5.11 Å². The molecule has 4 rings (SSSR count). The molecule has 0 aliphatic carbocycles. The van der Waals surface area contributed by atoms with E-state index in [1.165, 1.54) is 5.69 Å². The second kappa shape index (κ2) is 5.60. The molecular formula is C16H23N3O2S. The number of hydrogen-bond donors (Lipinski definition) is 1. The van der Waals surface area contributed by atoms with E-state index in [1.807, 2.05) is 0 Å². The predicted molar refractivity (Wildman–Crippen MR) is 86.2 cm³/mol. The van der Waals surface area contributed by atoms with E-state index >= 15 is 0 Å². The Hall–Kier alpha value is -0.950. The fourth-order valence-electron chi connectivity index (χ4n) is 3.82. The Morgan fingerprint density at radius 1 is 1.45 bits per heavy atom. The number of piperidine rings is 1. The molecule has 2 saturated heterocycles. The van der Waals surface area contributed by atoms with Gasteiger partial charge in [0, 0.05) is 37.8 Å². The van der Waals surface area contributed by atoms with Crippen molar-refractivity contribution in [3.63, 3.8) is 0 Å². The third-order valence-electron chi connectivity index (χ3n) is 5.26. The lowest BCUT2D eigenvalue weighted by atomic mass is 9.82. The summed E-state index contributed by atoms with van der Waals surface area (Å²) in [7, 11) is 0. The highest BCUT2D eigenvalue weighted by Gasteiger charge is 2.43. The molecule has 120 valence electrons. The van der Waals surface area contributed by atoms with Crippen LogP contribution in [0.15, 0.2) is 11.6 Å². The van der Waals surface area contributed by atoms with Crippen LogP contribution in [0.5, 0.6) is 0 Å². The van der Waals surface area contributed by atoms with Gasteiger partial charge in [0.25, 0.3) is 0 Å². The number of aromatic nitrogens is 2. The van der Waals surface area contributed by atoms with Crippen molar-refractivity contribution in [2.24, 2.45) is 0 Å². The minimum Gasteiger partial charge on any atom is -0.390 e. The van der Waals surface area contributed by atoms with Gasteiger partial charge in [-0.1, -0.05) is 0 Å². The van der Waals surface area contributed by atoms with Gasteiger partial charge in [0.15, 0.2) is 4.96 Å². The van der Waals surface area contributed by atoms with Crippen LogP contribution < -0.4 is 0 Å². The maximum atomic E-state index is 10.3. The number of imidazole rings is 1. The van der Waals surface area contributed by atoms with Crippen LogP contribution in [-0.2, 0) is 11.3 Å². The van der Waals surface area contributed by atoms with Crippen molar-refractivity contribution < 1.29 is 9.84 Å². The molecule has 0 saturated carbocycles. The average Bonchev–Trinajstić information content (AvgIpc) is 3.07. The van der Waals surface area contributed by atoms with Crippen LogP contribution in [0.25, 0.3) is 4.96 Å². The van der Waals surface area contributed by atoms with Gasteiger partial charge in [0.2, 0.25) is 0 Å². The number of nitrogens with zero attached hydrogens (tertiary/aromatic N) is 3. The zero-order valence-electron chi connectivity index (χ0n) is 13.0. The Morgan fingerprint density at radius 3 is 3.05 bits per heavy atom. The summed E-state index contributed by atoms with van der Waals surface area (Å²) in [5, 5.41) is 12.4. The third-order valence-corrected chi connectivity index (χ3v) is 6.01. The molecular weight excluding hydrogens is 298 g/mol. The summed E-state index contributed by atoms with van der Waals surface area (Å²) in [6, 6.07) is 0. The van der Waals surface area contributed by atoms with Crippen LogP contribution in [0.3, 0.4) is 0 Å². The molecule has 2 aromatic heterocycles. The van der Waals surface area contributed by atoms with E-state index in [0.29, 0.717) is 0 Å². The van der Waals surface area contributed by atoms with Gasteiger partial charge in [0.05, 0.1) is 23.1 Å². The zero-order chi connectivity index (χ0) is 15.2. The highest BCUT2D eigenvalue weighted by atomic mass is 32.1. The monoisotopic (exact) mass is 321 g/mol. The fraction of sp³-hybridized carbons (Fsp3) is 0.688. The molecule has 0 unspecified atom stereocenters. The Bertz CT molecular complexity index is 657. The highest BCUT2D eigenvalue weighted by molar-refractivity contribution is 7.15. The van der Waals surface area contributed by atoms with E-state index in [2.05, 4.69) is 32.8 Å². The average molecular weight is 321 g/mol. The molecule has 2 aliphatic heterocycles. The lowest BCUT2D eigenvalue weighted by Crippen LogP contribution is -2.55. The van der Waals surface area contributed by atoms with Crippen LogP contribution in [-0.4, -0.2) is 50.8 Å². The van der Waals surface area contributed by atoms with Crippen molar-refractivity contribution in [3.05, 3.63) is 23.0 Å². The maximum Gasteiger partial charge on any atom is 0.194 e. The summed E-state index contributed by atoms with van der Waals surface area (Å²) in [5.74, 6) is 0. The molecule has 2 aliphatic rings. The summed E-state index contributed by atoms with van der Waals surface area (Å²) in [6.07, 6.45) is 5.55. The van der Waals surface area contributed by atoms with Crippen LogP contribution in [0, 0.1) is 6.92 Å². The molecule has 1 atom stereocenters. The first-order valence-corrected chi connectivity index (χ1v) is 9.01. The number of thiazole rings is 1. The Kier molecular flexibility index (Phi) is 3.72. The van der Waals surface area contributed by atoms with Crippen LogP contribution in [0.1, 0.15) is 37.1 Å². The van der Waals surface area contributed by atoms with E-state index < -0.39 is 0 Å². The molecule has 2 fully saturated rings. The second-order valence-electron chi connectivity index (χ2n) is 6.55. The van der Waals surface area contributed by atoms with Gasteiger partial charge in [0.1, 0.15) is 0 Å². The minimum atomic E-state index is -0.288. The quantitative estimate of drug-likeness (QED) is 0.921. The number of fused-ring (bicyclic) bond motifs is 1. The van der Waals surface area contributed by atoms with Crippen LogP contribution in [0.2, 0.25) is 0 Å². The summed E-state index contributed by atoms with van der Waals surface area (Å²) in [6.45, 7) is 5.78. The molecule has 4 heterocycles. The summed E-state index contributed by atoms with van der Waals surface area (Å²) in [5.41, 5.74) is 2.14. The standard InChI is InChI=1S/C16H23N3O2S/c1-12-13(19-8-10-22-15(19)17-12)11-18-6-4-16(5-7-18)14(20)3-2-9-21-16/h8,10,14,20H,2-7,9,11H2,1H3/t14-/m0/s1. The molecule has 1 spiro atoms. The van der Waals surface area contributed by atoms with Crippen LogP contribution in [0.4, 0.5) is 0 Å². The number of likely N-dealkylation sites (tertiary alicyclic amines) is 1. The van der Waals surface area contributed by atoms with Crippen molar-refractivity contribution in [3.8, 4) is 0 Å². The van der Waals surface area contributed by atoms with Crippen molar-refractivity contribution in [2.75, 3.05) is 19.7 Å². The largest absolute Gasteiger partial charge is 0.390 e. The zero-order valence-corrected chi connectivity index (χ0v) is 13.8. The molecule has 6 heteroatoms. The summed E-state index contributed by atoms with van der Waals surface area (Å²) >= 11 is 1.68. The Labute approximate surface area is 134 Å². The molecule has 0 aromatic carbocycles. The number of aliphatic hydroxyl groups excluding tert-OH is 1.